The maximum Gasteiger partial charge on any atom is 0.269 e. The Balaban J connectivity index is 1.72. The zero-order valence-corrected chi connectivity index (χ0v) is 16.4. The van der Waals surface area contributed by atoms with Gasteiger partial charge in [-0.2, -0.15) is 0 Å². The summed E-state index contributed by atoms with van der Waals surface area (Å²) in [5, 5.41) is 21.6. The van der Waals surface area contributed by atoms with E-state index in [0.29, 0.717) is 24.2 Å². The third kappa shape index (κ3) is 4.12. The van der Waals surface area contributed by atoms with E-state index in [-0.39, 0.29) is 35.3 Å². The summed E-state index contributed by atoms with van der Waals surface area (Å²) in [7, 11) is 0. The van der Waals surface area contributed by atoms with E-state index >= 15 is 0 Å². The van der Waals surface area contributed by atoms with Gasteiger partial charge in [0.1, 0.15) is 0 Å². The van der Waals surface area contributed by atoms with E-state index < -0.39 is 9.85 Å². The van der Waals surface area contributed by atoms with E-state index in [9.17, 15) is 29.8 Å². The third-order valence-electron chi connectivity index (χ3n) is 5.16. The van der Waals surface area contributed by atoms with Gasteiger partial charge >= 0.3 is 0 Å². The second kappa shape index (κ2) is 8.27. The molecular formula is C20H20N4O6. The molecule has 2 amide bonds. The van der Waals surface area contributed by atoms with Crippen LogP contribution in [0.3, 0.4) is 0 Å². The lowest BCUT2D eigenvalue weighted by atomic mass is 10.0. The molecule has 10 nitrogen and oxygen atoms in total. The van der Waals surface area contributed by atoms with E-state index in [1.807, 2.05) is 13.8 Å². The number of amides is 2. The van der Waals surface area contributed by atoms with E-state index in [4.69, 9.17) is 0 Å². The SMILES string of the molecule is CC1CN(C(=O)c2ccc([N+](=O)[O-])cc2)C(C)CN1C(=O)c1ccc([N+](=O)[O-])cc1. The van der Waals surface area contributed by atoms with Gasteiger partial charge in [-0.05, 0) is 38.1 Å². The van der Waals surface area contributed by atoms with Crippen molar-refractivity contribution in [1.29, 1.82) is 0 Å². The summed E-state index contributed by atoms with van der Waals surface area (Å²) in [6.07, 6.45) is 0. The smallest absolute Gasteiger partial charge is 0.269 e. The molecule has 1 aliphatic heterocycles. The number of hydrogen-bond donors (Lipinski definition) is 0. The number of carbonyl (C=O) groups excluding carboxylic acids is 2. The highest BCUT2D eigenvalue weighted by molar-refractivity contribution is 5.96. The summed E-state index contributed by atoms with van der Waals surface area (Å²) >= 11 is 0. The summed E-state index contributed by atoms with van der Waals surface area (Å²) in [4.78, 5) is 49.6. The highest BCUT2D eigenvalue weighted by atomic mass is 16.6. The Labute approximate surface area is 172 Å². The largest absolute Gasteiger partial charge is 0.332 e. The molecule has 0 bridgehead atoms. The molecule has 0 aromatic heterocycles. The Morgan fingerprint density at radius 2 is 1.03 bits per heavy atom. The van der Waals surface area contributed by atoms with Gasteiger partial charge in [-0.15, -0.1) is 0 Å². The second-order valence-electron chi connectivity index (χ2n) is 7.22. The first-order valence-corrected chi connectivity index (χ1v) is 9.30. The van der Waals surface area contributed by atoms with Crippen molar-refractivity contribution >= 4 is 23.2 Å². The van der Waals surface area contributed by atoms with Crippen molar-refractivity contribution in [2.24, 2.45) is 0 Å². The highest BCUT2D eigenvalue weighted by Crippen LogP contribution is 2.22. The zero-order valence-electron chi connectivity index (χ0n) is 16.4. The van der Waals surface area contributed by atoms with Crippen LogP contribution in [0.1, 0.15) is 34.6 Å². The van der Waals surface area contributed by atoms with Crippen LogP contribution >= 0.6 is 0 Å². The summed E-state index contributed by atoms with van der Waals surface area (Å²) in [5.74, 6) is -0.515. The highest BCUT2D eigenvalue weighted by Gasteiger charge is 2.35. The molecule has 156 valence electrons. The number of benzene rings is 2. The lowest BCUT2D eigenvalue weighted by Gasteiger charge is -2.44. The fourth-order valence-electron chi connectivity index (χ4n) is 3.48. The van der Waals surface area contributed by atoms with Crippen molar-refractivity contribution in [2.45, 2.75) is 25.9 Å². The van der Waals surface area contributed by atoms with Crippen LogP contribution in [-0.2, 0) is 0 Å². The van der Waals surface area contributed by atoms with Crippen molar-refractivity contribution in [2.75, 3.05) is 13.1 Å². The van der Waals surface area contributed by atoms with E-state index in [2.05, 4.69) is 0 Å². The summed E-state index contributed by atoms with van der Waals surface area (Å²) in [6, 6.07) is 10.3. The molecule has 30 heavy (non-hydrogen) atoms. The van der Waals surface area contributed by atoms with Gasteiger partial charge in [0, 0.05) is 60.6 Å². The molecule has 3 rings (SSSR count). The minimum atomic E-state index is -0.526. The average molecular weight is 412 g/mol. The van der Waals surface area contributed by atoms with Gasteiger partial charge in [-0.25, -0.2) is 0 Å². The Morgan fingerprint density at radius 3 is 1.30 bits per heavy atom. The number of non-ortho nitro benzene ring substituents is 2. The molecule has 2 aromatic carbocycles. The lowest BCUT2D eigenvalue weighted by Crippen LogP contribution is -2.59. The van der Waals surface area contributed by atoms with Gasteiger partial charge in [-0.3, -0.25) is 29.8 Å². The van der Waals surface area contributed by atoms with Crippen LogP contribution in [0, 0.1) is 20.2 Å². The third-order valence-corrected chi connectivity index (χ3v) is 5.16. The Bertz CT molecular complexity index is 908. The van der Waals surface area contributed by atoms with Gasteiger partial charge in [0.05, 0.1) is 9.85 Å². The Hall–Kier alpha value is -3.82. The maximum absolute atomic E-state index is 12.9. The van der Waals surface area contributed by atoms with Crippen molar-refractivity contribution < 1.29 is 19.4 Å². The lowest BCUT2D eigenvalue weighted by molar-refractivity contribution is -0.385. The molecule has 2 atom stereocenters. The van der Waals surface area contributed by atoms with Crippen molar-refractivity contribution in [3.05, 3.63) is 79.9 Å². The molecule has 1 saturated heterocycles. The van der Waals surface area contributed by atoms with E-state index in [1.54, 1.807) is 9.80 Å². The second-order valence-corrected chi connectivity index (χ2v) is 7.22. The number of rotatable bonds is 4. The van der Waals surface area contributed by atoms with Gasteiger partial charge in [-0.1, -0.05) is 0 Å². The van der Waals surface area contributed by atoms with Crippen molar-refractivity contribution in [1.82, 2.24) is 9.80 Å². The molecule has 1 heterocycles. The molecule has 1 fully saturated rings. The number of nitro groups is 2. The number of nitrogens with zero attached hydrogens (tertiary/aromatic N) is 4. The quantitative estimate of drug-likeness (QED) is 0.561. The van der Waals surface area contributed by atoms with E-state index in [0.717, 1.165) is 0 Å². The summed E-state index contributed by atoms with van der Waals surface area (Å²) in [6.45, 7) is 4.25. The fourth-order valence-corrected chi connectivity index (χ4v) is 3.48. The average Bonchev–Trinajstić information content (AvgIpc) is 2.74. The van der Waals surface area contributed by atoms with Crippen LogP contribution < -0.4 is 0 Å². The van der Waals surface area contributed by atoms with Crippen molar-refractivity contribution in [3.63, 3.8) is 0 Å². The first-order chi connectivity index (χ1) is 14.2. The normalized spacial score (nSPS) is 18.7. The van der Waals surface area contributed by atoms with Crippen LogP contribution in [0.5, 0.6) is 0 Å². The molecule has 2 unspecified atom stereocenters. The minimum absolute atomic E-state index is 0.0912. The standard InChI is InChI=1S/C20H20N4O6/c1-13-11-22(20(26)16-5-9-18(10-6-16)24(29)30)14(2)12-21(13)19(25)15-3-7-17(8-4-15)23(27)28/h3-10,13-14H,11-12H2,1-2H3. The molecule has 2 aromatic rings. The van der Waals surface area contributed by atoms with Gasteiger partial charge in [0.25, 0.3) is 23.2 Å². The monoisotopic (exact) mass is 412 g/mol. The van der Waals surface area contributed by atoms with Gasteiger partial charge in [0.2, 0.25) is 0 Å². The molecule has 0 radical (unpaired) electrons. The minimum Gasteiger partial charge on any atom is -0.332 e. The van der Waals surface area contributed by atoms with Crippen LogP contribution in [0.15, 0.2) is 48.5 Å². The topological polar surface area (TPSA) is 127 Å². The molecule has 0 spiro atoms. The number of nitro benzene ring substituents is 2. The molecule has 0 aliphatic carbocycles. The van der Waals surface area contributed by atoms with Crippen molar-refractivity contribution in [3.8, 4) is 0 Å². The first-order valence-electron chi connectivity index (χ1n) is 9.30. The summed E-state index contributed by atoms with van der Waals surface area (Å²) < 4.78 is 0. The van der Waals surface area contributed by atoms with Crippen LogP contribution in [0.2, 0.25) is 0 Å². The van der Waals surface area contributed by atoms with Crippen LogP contribution in [-0.4, -0.2) is 56.6 Å². The number of piperazine rings is 1. The molecule has 0 saturated carbocycles. The number of hydrogen-bond acceptors (Lipinski definition) is 6. The van der Waals surface area contributed by atoms with Crippen LogP contribution in [0.4, 0.5) is 11.4 Å². The Kier molecular flexibility index (Phi) is 5.77. The molecule has 0 N–H and O–H groups in total. The zero-order chi connectivity index (χ0) is 22.0. The molecular weight excluding hydrogens is 392 g/mol. The predicted octanol–water partition coefficient (Wildman–Crippen LogP) is 2.88. The van der Waals surface area contributed by atoms with Crippen LogP contribution in [0.25, 0.3) is 0 Å². The fraction of sp³-hybridized carbons (Fsp3) is 0.300. The summed E-state index contributed by atoms with van der Waals surface area (Å²) in [5.41, 5.74) is 0.502. The Morgan fingerprint density at radius 1 is 0.733 bits per heavy atom. The van der Waals surface area contributed by atoms with Gasteiger partial charge < -0.3 is 9.80 Å². The number of carbonyl (C=O) groups is 2. The predicted molar refractivity (Wildman–Crippen MR) is 107 cm³/mol. The van der Waals surface area contributed by atoms with E-state index in [1.165, 1.54) is 48.5 Å². The molecule has 10 heteroatoms. The maximum atomic E-state index is 12.9. The van der Waals surface area contributed by atoms with Gasteiger partial charge in [0.15, 0.2) is 0 Å². The molecule has 1 aliphatic rings. The first kappa shape index (κ1) is 20.9.